The van der Waals surface area contributed by atoms with Crippen LogP contribution in [-0.2, 0) is 4.79 Å². The standard InChI is InChI=1S/C16H16BrN3O2/c1-11-10-14(6-8-18-11)20-15(21)7-9-19-16(22)12-2-4-13(17)5-3-12/h2-6,8,10H,7,9H2,1H3,(H,19,22)(H,18,20,21). The van der Waals surface area contributed by atoms with Gasteiger partial charge in [-0.1, -0.05) is 15.9 Å². The number of rotatable bonds is 5. The number of nitrogens with zero attached hydrogens (tertiary/aromatic N) is 1. The van der Waals surface area contributed by atoms with Crippen molar-refractivity contribution in [2.75, 3.05) is 11.9 Å². The molecule has 0 aliphatic heterocycles. The van der Waals surface area contributed by atoms with Crippen LogP contribution in [0.15, 0.2) is 47.1 Å². The van der Waals surface area contributed by atoms with E-state index in [1.165, 1.54) is 0 Å². The average molecular weight is 362 g/mol. The third-order valence-corrected chi connectivity index (χ3v) is 3.45. The molecule has 0 unspecified atom stereocenters. The van der Waals surface area contributed by atoms with Crippen LogP contribution < -0.4 is 10.6 Å². The normalized spacial score (nSPS) is 10.1. The van der Waals surface area contributed by atoms with Crippen LogP contribution in [0.3, 0.4) is 0 Å². The number of carbonyl (C=O) groups excluding carboxylic acids is 2. The lowest BCUT2D eigenvalue weighted by molar-refractivity contribution is -0.116. The van der Waals surface area contributed by atoms with Crippen LogP contribution in [-0.4, -0.2) is 23.3 Å². The second-order valence-corrected chi connectivity index (χ2v) is 5.66. The number of aryl methyl sites for hydroxylation is 1. The van der Waals surface area contributed by atoms with Crippen LogP contribution in [0.5, 0.6) is 0 Å². The number of hydrogen-bond acceptors (Lipinski definition) is 3. The molecule has 0 aliphatic carbocycles. The van der Waals surface area contributed by atoms with E-state index in [4.69, 9.17) is 0 Å². The predicted molar refractivity (Wildman–Crippen MR) is 88.7 cm³/mol. The van der Waals surface area contributed by atoms with Gasteiger partial charge in [0.15, 0.2) is 0 Å². The molecule has 2 amide bonds. The van der Waals surface area contributed by atoms with Crippen molar-refractivity contribution in [3.8, 4) is 0 Å². The van der Waals surface area contributed by atoms with E-state index in [2.05, 4.69) is 31.5 Å². The molecule has 1 heterocycles. The summed E-state index contributed by atoms with van der Waals surface area (Å²) in [6, 6.07) is 10.6. The molecule has 6 heteroatoms. The van der Waals surface area contributed by atoms with Gasteiger partial charge in [0.1, 0.15) is 0 Å². The molecular formula is C16H16BrN3O2. The van der Waals surface area contributed by atoms with Crippen molar-refractivity contribution >= 4 is 33.4 Å². The average Bonchev–Trinajstić information content (AvgIpc) is 2.47. The van der Waals surface area contributed by atoms with Gasteiger partial charge in [0.2, 0.25) is 5.91 Å². The van der Waals surface area contributed by atoms with Gasteiger partial charge in [0.25, 0.3) is 5.91 Å². The molecule has 1 aromatic heterocycles. The zero-order valence-electron chi connectivity index (χ0n) is 12.1. The molecule has 22 heavy (non-hydrogen) atoms. The summed E-state index contributed by atoms with van der Waals surface area (Å²) in [6.07, 6.45) is 1.85. The Balaban J connectivity index is 1.77. The van der Waals surface area contributed by atoms with E-state index in [1.807, 2.05) is 6.92 Å². The van der Waals surface area contributed by atoms with Crippen LogP contribution in [0.2, 0.25) is 0 Å². The summed E-state index contributed by atoms with van der Waals surface area (Å²) in [6.45, 7) is 2.14. The number of pyridine rings is 1. The number of amides is 2. The number of carbonyl (C=O) groups is 2. The van der Waals surface area contributed by atoms with Gasteiger partial charge in [-0.2, -0.15) is 0 Å². The minimum Gasteiger partial charge on any atom is -0.352 e. The maximum absolute atomic E-state index is 11.9. The molecule has 5 nitrogen and oxygen atoms in total. The SMILES string of the molecule is Cc1cc(NC(=O)CCNC(=O)c2ccc(Br)cc2)ccn1. The minimum absolute atomic E-state index is 0.151. The van der Waals surface area contributed by atoms with Gasteiger partial charge >= 0.3 is 0 Å². The fraction of sp³-hybridized carbons (Fsp3) is 0.188. The fourth-order valence-corrected chi connectivity index (χ4v) is 2.10. The van der Waals surface area contributed by atoms with Gasteiger partial charge in [-0.05, 0) is 43.3 Å². The Bertz CT molecular complexity index is 671. The summed E-state index contributed by atoms with van der Waals surface area (Å²) >= 11 is 3.31. The maximum atomic E-state index is 11.9. The van der Waals surface area contributed by atoms with Gasteiger partial charge in [-0.15, -0.1) is 0 Å². The van der Waals surface area contributed by atoms with E-state index in [1.54, 1.807) is 42.6 Å². The molecule has 0 fully saturated rings. The first-order valence-corrected chi connectivity index (χ1v) is 7.60. The number of aromatic nitrogens is 1. The van der Waals surface area contributed by atoms with Crippen LogP contribution in [0.4, 0.5) is 5.69 Å². The summed E-state index contributed by atoms with van der Waals surface area (Å²) in [5.74, 6) is -0.346. The van der Waals surface area contributed by atoms with Crippen molar-refractivity contribution in [3.05, 3.63) is 58.3 Å². The Labute approximate surface area is 137 Å². The molecule has 0 aliphatic rings. The number of nitrogens with one attached hydrogen (secondary N) is 2. The molecule has 114 valence electrons. The Kier molecular flexibility index (Phi) is 5.66. The van der Waals surface area contributed by atoms with Crippen LogP contribution >= 0.6 is 15.9 Å². The highest BCUT2D eigenvalue weighted by molar-refractivity contribution is 9.10. The van der Waals surface area contributed by atoms with E-state index in [-0.39, 0.29) is 24.8 Å². The van der Waals surface area contributed by atoms with Crippen LogP contribution in [0, 0.1) is 6.92 Å². The van der Waals surface area contributed by atoms with Gasteiger partial charge in [-0.25, -0.2) is 0 Å². The van der Waals surface area contributed by atoms with E-state index >= 15 is 0 Å². The van der Waals surface area contributed by atoms with Crippen molar-refractivity contribution in [2.24, 2.45) is 0 Å². The van der Waals surface area contributed by atoms with E-state index in [0.29, 0.717) is 11.3 Å². The Morgan fingerprint density at radius 2 is 1.91 bits per heavy atom. The molecule has 2 aromatic rings. The number of anilines is 1. The molecular weight excluding hydrogens is 346 g/mol. The van der Waals surface area contributed by atoms with E-state index in [9.17, 15) is 9.59 Å². The number of halogens is 1. The van der Waals surface area contributed by atoms with E-state index in [0.717, 1.165) is 10.2 Å². The van der Waals surface area contributed by atoms with Crippen molar-refractivity contribution in [1.29, 1.82) is 0 Å². The lowest BCUT2D eigenvalue weighted by Crippen LogP contribution is -2.27. The smallest absolute Gasteiger partial charge is 0.251 e. The summed E-state index contributed by atoms with van der Waals surface area (Å²) in [4.78, 5) is 27.7. The molecule has 0 radical (unpaired) electrons. The lowest BCUT2D eigenvalue weighted by Gasteiger charge is -2.07. The highest BCUT2D eigenvalue weighted by Gasteiger charge is 2.07. The molecule has 0 spiro atoms. The molecule has 0 atom stereocenters. The second kappa shape index (κ2) is 7.70. The van der Waals surface area contributed by atoms with Crippen molar-refractivity contribution in [1.82, 2.24) is 10.3 Å². The van der Waals surface area contributed by atoms with Crippen LogP contribution in [0.1, 0.15) is 22.5 Å². The molecule has 0 saturated heterocycles. The predicted octanol–water partition coefficient (Wildman–Crippen LogP) is 2.91. The highest BCUT2D eigenvalue weighted by Crippen LogP contribution is 2.10. The largest absolute Gasteiger partial charge is 0.352 e. The van der Waals surface area contributed by atoms with Crippen molar-refractivity contribution < 1.29 is 9.59 Å². The van der Waals surface area contributed by atoms with Gasteiger partial charge < -0.3 is 10.6 Å². The second-order valence-electron chi connectivity index (χ2n) is 4.75. The van der Waals surface area contributed by atoms with E-state index < -0.39 is 0 Å². The molecule has 2 rings (SSSR count). The highest BCUT2D eigenvalue weighted by atomic mass is 79.9. The third kappa shape index (κ3) is 4.96. The van der Waals surface area contributed by atoms with Gasteiger partial charge in [0, 0.05) is 40.6 Å². The summed E-state index contributed by atoms with van der Waals surface area (Å²) in [5, 5.41) is 5.49. The Hall–Kier alpha value is -2.21. The van der Waals surface area contributed by atoms with Crippen LogP contribution in [0.25, 0.3) is 0 Å². The molecule has 2 N–H and O–H groups in total. The summed E-state index contributed by atoms with van der Waals surface area (Å²) in [7, 11) is 0. The van der Waals surface area contributed by atoms with Crippen molar-refractivity contribution in [3.63, 3.8) is 0 Å². The zero-order valence-corrected chi connectivity index (χ0v) is 13.7. The fourth-order valence-electron chi connectivity index (χ4n) is 1.84. The maximum Gasteiger partial charge on any atom is 0.251 e. The van der Waals surface area contributed by atoms with Gasteiger partial charge in [0.05, 0.1) is 0 Å². The number of benzene rings is 1. The van der Waals surface area contributed by atoms with Gasteiger partial charge in [-0.3, -0.25) is 14.6 Å². The first-order valence-electron chi connectivity index (χ1n) is 6.81. The lowest BCUT2D eigenvalue weighted by atomic mass is 10.2. The molecule has 0 bridgehead atoms. The Morgan fingerprint density at radius 1 is 1.18 bits per heavy atom. The topological polar surface area (TPSA) is 71.1 Å². The summed E-state index contributed by atoms with van der Waals surface area (Å²) < 4.78 is 0.913. The minimum atomic E-state index is -0.194. The first-order chi connectivity index (χ1) is 10.5. The zero-order chi connectivity index (χ0) is 15.9. The number of hydrogen-bond donors (Lipinski definition) is 2. The first kappa shape index (κ1) is 16.2. The quantitative estimate of drug-likeness (QED) is 0.859. The monoisotopic (exact) mass is 361 g/mol. The summed E-state index contributed by atoms with van der Waals surface area (Å²) in [5.41, 5.74) is 2.10. The third-order valence-electron chi connectivity index (χ3n) is 2.92. The molecule has 0 saturated carbocycles. The molecule has 1 aromatic carbocycles. The van der Waals surface area contributed by atoms with Crippen molar-refractivity contribution in [2.45, 2.75) is 13.3 Å². The Morgan fingerprint density at radius 3 is 2.59 bits per heavy atom.